The molecule has 1 unspecified atom stereocenters. The number of hydrogen-bond acceptors (Lipinski definition) is 6. The molecule has 3 aliphatic rings. The molecule has 160 valence electrons. The SMILES string of the molecule is COc1ccc(CN2C(=O)C3(CC(N)=Nc4cc5c(cc43)OCO5)c3ccccc32)cc1. The smallest absolute Gasteiger partial charge is 0.243 e. The van der Waals surface area contributed by atoms with Crippen molar-refractivity contribution in [2.75, 3.05) is 18.8 Å². The number of methoxy groups -OCH3 is 1. The highest BCUT2D eigenvalue weighted by molar-refractivity contribution is 6.14. The number of ether oxygens (including phenoxy) is 3. The quantitative estimate of drug-likeness (QED) is 0.690. The molecule has 2 N–H and O–H groups in total. The number of carbonyl (C=O) groups excluding carboxylic acids is 1. The van der Waals surface area contributed by atoms with Gasteiger partial charge < -0.3 is 24.8 Å². The molecule has 1 atom stereocenters. The second kappa shape index (κ2) is 6.75. The lowest BCUT2D eigenvalue weighted by atomic mass is 9.70. The van der Waals surface area contributed by atoms with E-state index in [1.165, 1.54) is 0 Å². The molecule has 7 heteroatoms. The van der Waals surface area contributed by atoms with Crippen LogP contribution in [-0.2, 0) is 16.8 Å². The summed E-state index contributed by atoms with van der Waals surface area (Å²) in [5.74, 6) is 2.42. The molecule has 32 heavy (non-hydrogen) atoms. The lowest BCUT2D eigenvalue weighted by Crippen LogP contribution is -2.45. The predicted molar refractivity (Wildman–Crippen MR) is 120 cm³/mol. The maximum absolute atomic E-state index is 14.2. The highest BCUT2D eigenvalue weighted by Gasteiger charge is 2.55. The Morgan fingerprint density at radius 3 is 2.59 bits per heavy atom. The number of carbonyl (C=O) groups is 1. The summed E-state index contributed by atoms with van der Waals surface area (Å²) in [6.45, 7) is 0.594. The highest BCUT2D eigenvalue weighted by atomic mass is 16.7. The van der Waals surface area contributed by atoms with Gasteiger partial charge in [-0.15, -0.1) is 0 Å². The van der Waals surface area contributed by atoms with Gasteiger partial charge in [-0.25, -0.2) is 4.99 Å². The molecule has 1 spiro atoms. The number of hydrogen-bond donors (Lipinski definition) is 1. The number of benzene rings is 3. The first-order valence-electron chi connectivity index (χ1n) is 10.4. The fraction of sp³-hybridized carbons (Fsp3) is 0.200. The number of nitrogens with zero attached hydrogens (tertiary/aromatic N) is 2. The third-order valence-electron chi connectivity index (χ3n) is 6.43. The fourth-order valence-corrected chi connectivity index (χ4v) is 4.95. The first kappa shape index (κ1) is 18.7. The van der Waals surface area contributed by atoms with Crippen molar-refractivity contribution < 1.29 is 19.0 Å². The van der Waals surface area contributed by atoms with Crippen LogP contribution in [0.25, 0.3) is 0 Å². The van der Waals surface area contributed by atoms with Crippen molar-refractivity contribution in [3.05, 3.63) is 77.4 Å². The Morgan fingerprint density at radius 2 is 1.81 bits per heavy atom. The van der Waals surface area contributed by atoms with E-state index in [1.807, 2.05) is 65.6 Å². The van der Waals surface area contributed by atoms with E-state index >= 15 is 0 Å². The summed E-state index contributed by atoms with van der Waals surface area (Å²) in [6.07, 6.45) is 0.314. The molecular weight excluding hydrogens is 406 g/mol. The standard InChI is InChI=1S/C25H21N3O4/c1-30-16-8-6-15(7-9-16)13-28-20-5-3-2-4-17(20)25(24(28)29)12-23(26)27-19-11-22-21(10-18(19)25)31-14-32-22/h2-11H,12-14H2,1H3,(H2,26,27). The second-order valence-electron chi connectivity index (χ2n) is 8.16. The molecule has 0 saturated heterocycles. The molecular formula is C25H21N3O4. The van der Waals surface area contributed by atoms with Crippen LogP contribution in [0.3, 0.4) is 0 Å². The number of amidine groups is 1. The minimum Gasteiger partial charge on any atom is -0.497 e. The van der Waals surface area contributed by atoms with Gasteiger partial charge in [-0.1, -0.05) is 30.3 Å². The molecule has 0 aromatic heterocycles. The zero-order valence-corrected chi connectivity index (χ0v) is 17.5. The average molecular weight is 427 g/mol. The van der Waals surface area contributed by atoms with Crippen molar-refractivity contribution in [3.8, 4) is 17.2 Å². The van der Waals surface area contributed by atoms with Gasteiger partial charge in [-0.3, -0.25) is 4.79 Å². The molecule has 0 saturated carbocycles. The molecule has 3 aromatic rings. The van der Waals surface area contributed by atoms with Crippen molar-refractivity contribution in [3.63, 3.8) is 0 Å². The van der Waals surface area contributed by atoms with E-state index in [9.17, 15) is 4.79 Å². The van der Waals surface area contributed by atoms with E-state index < -0.39 is 5.41 Å². The molecule has 0 fully saturated rings. The van der Waals surface area contributed by atoms with Gasteiger partial charge in [0.25, 0.3) is 0 Å². The fourth-order valence-electron chi connectivity index (χ4n) is 4.95. The van der Waals surface area contributed by atoms with Crippen molar-refractivity contribution in [2.45, 2.75) is 18.4 Å². The molecule has 0 bridgehead atoms. The number of nitrogens with two attached hydrogens (primary N) is 1. The van der Waals surface area contributed by atoms with Crippen molar-refractivity contribution in [2.24, 2.45) is 10.7 Å². The number of fused-ring (bicyclic) bond motifs is 5. The van der Waals surface area contributed by atoms with Crippen LogP contribution in [0, 0.1) is 0 Å². The van der Waals surface area contributed by atoms with Gasteiger partial charge in [0.1, 0.15) is 17.0 Å². The van der Waals surface area contributed by atoms with Crippen LogP contribution >= 0.6 is 0 Å². The third-order valence-corrected chi connectivity index (χ3v) is 6.43. The molecule has 3 aromatic carbocycles. The molecule has 3 heterocycles. The van der Waals surface area contributed by atoms with Crippen molar-refractivity contribution in [1.29, 1.82) is 0 Å². The summed E-state index contributed by atoms with van der Waals surface area (Å²) in [5, 5.41) is 0. The van der Waals surface area contributed by atoms with Gasteiger partial charge in [0.15, 0.2) is 11.5 Å². The first-order chi connectivity index (χ1) is 15.6. The summed E-state index contributed by atoms with van der Waals surface area (Å²) in [7, 11) is 1.64. The first-order valence-corrected chi connectivity index (χ1v) is 10.4. The van der Waals surface area contributed by atoms with Gasteiger partial charge in [-0.05, 0) is 35.4 Å². The lowest BCUT2D eigenvalue weighted by Gasteiger charge is -2.33. The van der Waals surface area contributed by atoms with E-state index in [0.717, 1.165) is 28.1 Å². The van der Waals surface area contributed by atoms with Crippen molar-refractivity contribution >= 4 is 23.1 Å². The third kappa shape index (κ3) is 2.54. The maximum Gasteiger partial charge on any atom is 0.243 e. The Morgan fingerprint density at radius 1 is 1.06 bits per heavy atom. The van der Waals surface area contributed by atoms with Crippen LogP contribution < -0.4 is 24.8 Å². The van der Waals surface area contributed by atoms with E-state index in [4.69, 9.17) is 19.9 Å². The van der Waals surface area contributed by atoms with Crippen LogP contribution in [0.4, 0.5) is 11.4 Å². The number of anilines is 1. The Bertz CT molecular complexity index is 1280. The zero-order chi connectivity index (χ0) is 21.9. The normalized spacial score (nSPS) is 20.2. The summed E-state index contributed by atoms with van der Waals surface area (Å²) in [6, 6.07) is 19.4. The zero-order valence-electron chi connectivity index (χ0n) is 17.5. The maximum atomic E-state index is 14.2. The van der Waals surface area contributed by atoms with Gasteiger partial charge in [-0.2, -0.15) is 0 Å². The largest absolute Gasteiger partial charge is 0.497 e. The summed E-state index contributed by atoms with van der Waals surface area (Å²) < 4.78 is 16.4. The topological polar surface area (TPSA) is 86.4 Å². The van der Waals surface area contributed by atoms with Crippen LogP contribution in [0.15, 0.2) is 65.7 Å². The monoisotopic (exact) mass is 427 g/mol. The summed E-state index contributed by atoms with van der Waals surface area (Å²) in [5.41, 5.74) is 9.60. The van der Waals surface area contributed by atoms with Crippen LogP contribution in [-0.4, -0.2) is 25.6 Å². The average Bonchev–Trinajstić information content (AvgIpc) is 3.35. The second-order valence-corrected chi connectivity index (χ2v) is 8.16. The molecule has 0 aliphatic carbocycles. The van der Waals surface area contributed by atoms with Gasteiger partial charge in [0.2, 0.25) is 12.7 Å². The van der Waals surface area contributed by atoms with E-state index in [0.29, 0.717) is 36.0 Å². The van der Waals surface area contributed by atoms with E-state index in [1.54, 1.807) is 7.11 Å². The molecule has 1 amide bonds. The van der Waals surface area contributed by atoms with E-state index in [-0.39, 0.29) is 12.7 Å². The van der Waals surface area contributed by atoms with Crippen LogP contribution in [0.2, 0.25) is 0 Å². The minimum atomic E-state index is -0.953. The molecule has 7 nitrogen and oxygen atoms in total. The van der Waals surface area contributed by atoms with E-state index in [2.05, 4.69) is 4.99 Å². The molecule has 3 aliphatic heterocycles. The Kier molecular flexibility index (Phi) is 3.95. The number of aliphatic imine (C=N–C) groups is 1. The summed E-state index contributed by atoms with van der Waals surface area (Å²) >= 11 is 0. The molecule has 0 radical (unpaired) electrons. The number of rotatable bonds is 3. The Hall–Kier alpha value is -4.00. The minimum absolute atomic E-state index is 0.0208. The Labute approximate surface area is 185 Å². The lowest BCUT2D eigenvalue weighted by molar-refractivity contribution is -0.121. The number of amides is 1. The number of para-hydroxylation sites is 1. The van der Waals surface area contributed by atoms with Gasteiger partial charge in [0.05, 0.1) is 19.3 Å². The highest BCUT2D eigenvalue weighted by Crippen LogP contribution is 2.55. The van der Waals surface area contributed by atoms with Crippen molar-refractivity contribution in [1.82, 2.24) is 0 Å². The van der Waals surface area contributed by atoms with Gasteiger partial charge in [0, 0.05) is 23.7 Å². The van der Waals surface area contributed by atoms with Crippen LogP contribution in [0.1, 0.15) is 23.1 Å². The molecule has 6 rings (SSSR count). The summed E-state index contributed by atoms with van der Waals surface area (Å²) in [4.78, 5) is 20.6. The van der Waals surface area contributed by atoms with Crippen LogP contribution in [0.5, 0.6) is 17.2 Å². The van der Waals surface area contributed by atoms with Gasteiger partial charge >= 0.3 is 0 Å². The Balaban J connectivity index is 1.50. The predicted octanol–water partition coefficient (Wildman–Crippen LogP) is 3.65.